The summed E-state index contributed by atoms with van der Waals surface area (Å²) in [7, 11) is 2.36. The molecule has 0 bridgehead atoms. The highest BCUT2D eigenvalue weighted by Gasteiger charge is 2.29. The number of hydrogen-bond donors (Lipinski definition) is 1. The van der Waals surface area contributed by atoms with Crippen LogP contribution in [0.15, 0.2) is 27.9 Å². The van der Waals surface area contributed by atoms with E-state index in [1.54, 1.807) is 0 Å². The topological polar surface area (TPSA) is 144 Å². The summed E-state index contributed by atoms with van der Waals surface area (Å²) in [4.78, 5) is 24.2. The van der Waals surface area contributed by atoms with Crippen LogP contribution in [0.25, 0.3) is 21.5 Å². The first kappa shape index (κ1) is 22.2. The smallest absolute Gasteiger partial charge is 0.234 e. The normalized spacial score (nSPS) is 17.9. The number of carbonyl (C=O) groups excluding carboxylic acids is 1. The van der Waals surface area contributed by atoms with Crippen molar-refractivity contribution in [1.82, 2.24) is 9.97 Å². The number of hydrogen-bond acceptors (Lipinski definition) is 9. The molecule has 0 saturated carbocycles. The molecule has 0 aliphatic carbocycles. The fourth-order valence-corrected chi connectivity index (χ4v) is 3.46. The first-order valence-electron chi connectivity index (χ1n) is 9.76. The average Bonchev–Trinajstić information content (AvgIpc) is 3.24. The Labute approximate surface area is 185 Å². The van der Waals surface area contributed by atoms with Gasteiger partial charge in [0.15, 0.2) is 34.5 Å². The number of anilines is 1. The van der Waals surface area contributed by atoms with Crippen LogP contribution in [0.5, 0.6) is 11.5 Å². The molecule has 0 radical (unpaired) electrons. The Morgan fingerprint density at radius 2 is 2.00 bits per heavy atom. The molecule has 0 unspecified atom stereocenters. The lowest BCUT2D eigenvalue weighted by molar-refractivity contribution is 0.0767. The van der Waals surface area contributed by atoms with Gasteiger partial charge in [-0.2, -0.15) is 0 Å². The lowest BCUT2D eigenvalue weighted by Crippen LogP contribution is -2.41. The number of azide groups is 1. The van der Waals surface area contributed by atoms with E-state index in [1.165, 1.54) is 26.5 Å². The predicted molar refractivity (Wildman–Crippen MR) is 110 cm³/mol. The summed E-state index contributed by atoms with van der Waals surface area (Å²) in [5, 5.41) is 6.79. The number of fused-ring (bicyclic) bond motifs is 1. The minimum absolute atomic E-state index is 0.131. The summed E-state index contributed by atoms with van der Waals surface area (Å²) in [5.74, 6) is -4.31. The van der Waals surface area contributed by atoms with Crippen molar-refractivity contribution in [2.75, 3.05) is 32.8 Å². The molecule has 1 aliphatic rings. The summed E-state index contributed by atoms with van der Waals surface area (Å²) in [5.41, 5.74) is 8.22. The number of carbonyl (C=O) groups is 1. The van der Waals surface area contributed by atoms with Crippen molar-refractivity contribution in [2.24, 2.45) is 5.11 Å². The Morgan fingerprint density at radius 1 is 1.27 bits per heavy atom. The minimum atomic E-state index is -1.18. The van der Waals surface area contributed by atoms with Gasteiger partial charge in [-0.05, 0) is 12.0 Å². The zero-order valence-corrected chi connectivity index (χ0v) is 17.5. The number of nitrogens with zero attached hydrogens (tertiary/aromatic N) is 5. The lowest BCUT2D eigenvalue weighted by atomic mass is 10.1. The summed E-state index contributed by atoms with van der Waals surface area (Å²) in [6.07, 6.45) is 1.85. The molecule has 1 aliphatic heterocycles. The van der Waals surface area contributed by atoms with Crippen LogP contribution in [-0.4, -0.2) is 55.3 Å². The second-order valence-corrected chi connectivity index (χ2v) is 7.05. The molecule has 33 heavy (non-hydrogen) atoms. The molecular formula is C20H18F2N6O5. The molecule has 13 heteroatoms. The third-order valence-corrected chi connectivity index (χ3v) is 5.13. The zero-order chi connectivity index (χ0) is 23.5. The fraction of sp³-hybridized carbons (Fsp3) is 0.350. The van der Waals surface area contributed by atoms with Crippen LogP contribution in [-0.2, 0) is 4.74 Å². The second kappa shape index (κ2) is 9.27. The zero-order valence-electron chi connectivity index (χ0n) is 17.5. The van der Waals surface area contributed by atoms with Gasteiger partial charge in [0.25, 0.3) is 0 Å². The van der Waals surface area contributed by atoms with Gasteiger partial charge < -0.3 is 23.9 Å². The van der Waals surface area contributed by atoms with Crippen molar-refractivity contribution in [3.8, 4) is 11.5 Å². The summed E-state index contributed by atoms with van der Waals surface area (Å²) in [6.45, 7) is 0.758. The van der Waals surface area contributed by atoms with Crippen LogP contribution in [0.1, 0.15) is 22.5 Å². The molecule has 1 fully saturated rings. The third kappa shape index (κ3) is 4.23. The molecule has 1 N–H and O–H groups in total. The highest BCUT2D eigenvalue weighted by atomic mass is 19.1. The molecule has 172 valence electrons. The number of rotatable bonds is 7. The Hall–Kier alpha value is -3.96. The minimum Gasteiger partial charge on any atom is -0.494 e. The van der Waals surface area contributed by atoms with Crippen molar-refractivity contribution in [1.29, 1.82) is 0 Å². The number of ketones is 1. The van der Waals surface area contributed by atoms with Crippen LogP contribution in [0.2, 0.25) is 0 Å². The van der Waals surface area contributed by atoms with E-state index in [1.807, 2.05) is 0 Å². The van der Waals surface area contributed by atoms with Gasteiger partial charge >= 0.3 is 0 Å². The molecule has 0 amide bonds. The van der Waals surface area contributed by atoms with Gasteiger partial charge in [-0.1, -0.05) is 5.11 Å². The molecule has 11 nitrogen and oxygen atoms in total. The molecule has 3 heterocycles. The lowest BCUT2D eigenvalue weighted by Gasteiger charge is -2.28. The molecule has 3 aromatic rings. The monoisotopic (exact) mass is 460 g/mol. The van der Waals surface area contributed by atoms with E-state index in [-0.39, 0.29) is 53.0 Å². The van der Waals surface area contributed by atoms with Crippen LogP contribution in [0, 0.1) is 11.6 Å². The summed E-state index contributed by atoms with van der Waals surface area (Å²) < 4.78 is 50.0. The molecular weight excluding hydrogens is 442 g/mol. The van der Waals surface area contributed by atoms with E-state index in [2.05, 4.69) is 25.3 Å². The fourth-order valence-electron chi connectivity index (χ4n) is 3.46. The van der Waals surface area contributed by atoms with Gasteiger partial charge in [0.2, 0.25) is 11.7 Å². The van der Waals surface area contributed by atoms with Crippen LogP contribution >= 0.6 is 0 Å². The highest BCUT2D eigenvalue weighted by molar-refractivity contribution is 6.09. The van der Waals surface area contributed by atoms with Gasteiger partial charge in [-0.25, -0.2) is 18.7 Å². The first-order valence-corrected chi connectivity index (χ1v) is 9.76. The van der Waals surface area contributed by atoms with E-state index in [0.29, 0.717) is 13.0 Å². The van der Waals surface area contributed by atoms with E-state index < -0.39 is 23.0 Å². The number of benzene rings is 1. The van der Waals surface area contributed by atoms with Gasteiger partial charge in [0.1, 0.15) is 11.1 Å². The SMILES string of the molecule is COc1cc(OC)c(F)c(C(=O)c2cc3nc(N[C@@H]4COCC[C@@H]4N=[N+]=[N-])ncc3o2)c1F. The van der Waals surface area contributed by atoms with Crippen LogP contribution in [0.4, 0.5) is 14.7 Å². The Kier molecular flexibility index (Phi) is 6.24. The Bertz CT molecular complexity index is 1230. The van der Waals surface area contributed by atoms with Gasteiger partial charge in [-0.3, -0.25) is 4.79 Å². The van der Waals surface area contributed by atoms with E-state index in [4.69, 9.17) is 24.2 Å². The van der Waals surface area contributed by atoms with Crippen LogP contribution in [0.3, 0.4) is 0 Å². The summed E-state index contributed by atoms with van der Waals surface area (Å²) >= 11 is 0. The van der Waals surface area contributed by atoms with E-state index in [0.717, 1.165) is 6.07 Å². The van der Waals surface area contributed by atoms with Gasteiger partial charge in [0.05, 0.1) is 39.1 Å². The van der Waals surface area contributed by atoms with Gasteiger partial charge in [0, 0.05) is 23.7 Å². The Balaban J connectivity index is 1.66. The quantitative estimate of drug-likeness (QED) is 0.244. The number of nitrogens with one attached hydrogen (secondary N) is 1. The van der Waals surface area contributed by atoms with Crippen molar-refractivity contribution in [3.05, 3.63) is 51.7 Å². The van der Waals surface area contributed by atoms with E-state index in [9.17, 15) is 13.6 Å². The van der Waals surface area contributed by atoms with E-state index >= 15 is 0 Å². The number of furan rings is 1. The van der Waals surface area contributed by atoms with Gasteiger partial charge in [-0.15, -0.1) is 0 Å². The highest BCUT2D eigenvalue weighted by Crippen LogP contribution is 2.33. The van der Waals surface area contributed by atoms with Crippen molar-refractivity contribution >= 4 is 22.8 Å². The largest absolute Gasteiger partial charge is 0.494 e. The number of halogens is 2. The second-order valence-electron chi connectivity index (χ2n) is 7.05. The molecule has 0 spiro atoms. The maximum atomic E-state index is 14.7. The number of ether oxygens (including phenoxy) is 3. The molecule has 1 saturated heterocycles. The predicted octanol–water partition coefficient (Wildman–Crippen LogP) is 3.63. The molecule has 1 aromatic carbocycles. The Morgan fingerprint density at radius 3 is 2.67 bits per heavy atom. The maximum absolute atomic E-state index is 14.7. The van der Waals surface area contributed by atoms with Crippen molar-refractivity contribution in [3.63, 3.8) is 0 Å². The molecule has 4 rings (SSSR count). The molecule has 2 aromatic heterocycles. The maximum Gasteiger partial charge on any atom is 0.234 e. The number of methoxy groups -OCH3 is 2. The van der Waals surface area contributed by atoms with Crippen molar-refractivity contribution in [2.45, 2.75) is 18.5 Å². The van der Waals surface area contributed by atoms with Crippen LogP contribution < -0.4 is 14.8 Å². The molecule has 2 atom stereocenters. The standard InChI is InChI=1S/C20H18F2N6O5/c1-30-12-6-13(31-2)18(22)16(17(12)21)19(29)14-5-10-15(33-14)7-24-20(25-10)26-11-8-32-4-3-9(11)27-28-23/h5-7,9,11H,3-4,8H2,1-2H3,(H,24,25,26)/t9-,11+/m0/s1. The van der Waals surface area contributed by atoms with Crippen molar-refractivity contribution < 1.29 is 32.2 Å². The average molecular weight is 460 g/mol. The number of aromatic nitrogens is 2. The summed E-state index contributed by atoms with van der Waals surface area (Å²) in [6, 6.07) is 1.55. The third-order valence-electron chi connectivity index (χ3n) is 5.13. The first-order chi connectivity index (χ1) is 16.0.